The van der Waals surface area contributed by atoms with Crippen LogP contribution in [0.25, 0.3) is 0 Å². The van der Waals surface area contributed by atoms with Gasteiger partial charge < -0.3 is 24.7 Å². The Labute approximate surface area is 113 Å². The molecule has 0 aliphatic rings. The fourth-order valence-electron chi connectivity index (χ4n) is 1.75. The zero-order valence-corrected chi connectivity index (χ0v) is 13.0. The minimum atomic E-state index is -2.49. The van der Waals surface area contributed by atoms with Gasteiger partial charge in [-0.1, -0.05) is 0 Å². The highest BCUT2D eigenvalue weighted by Crippen LogP contribution is 2.18. The lowest BCUT2D eigenvalue weighted by molar-refractivity contribution is 0.0654. The van der Waals surface area contributed by atoms with E-state index in [1.54, 1.807) is 0 Å². The fraction of sp³-hybridized carbons (Fsp3) is 1.00. The predicted octanol–water partition coefficient (Wildman–Crippen LogP) is 1.49. The number of rotatable bonds is 13. The van der Waals surface area contributed by atoms with E-state index in [9.17, 15) is 0 Å². The first-order valence-corrected chi connectivity index (χ1v) is 8.99. The quantitative estimate of drug-likeness (QED) is 0.394. The average Bonchev–Trinajstić information content (AvgIpc) is 2.37. The normalized spacial score (nSPS) is 12.0. The van der Waals surface area contributed by atoms with Crippen LogP contribution in [-0.2, 0) is 13.3 Å². The molecule has 4 N–H and O–H groups in total. The van der Waals surface area contributed by atoms with E-state index in [0.717, 1.165) is 38.3 Å². The summed E-state index contributed by atoms with van der Waals surface area (Å²) in [6, 6.07) is 0.808. The summed E-state index contributed by atoms with van der Waals surface area (Å²) in [6.07, 6.45) is 4.03. The average molecular weight is 278 g/mol. The molecule has 0 aromatic rings. The molecule has 0 fully saturated rings. The monoisotopic (exact) mass is 278 g/mol. The molecular formula is C12H30N2O3Si. The molecule has 0 spiro atoms. The van der Waals surface area contributed by atoms with Crippen LogP contribution in [0.3, 0.4) is 0 Å². The summed E-state index contributed by atoms with van der Waals surface area (Å²) in [4.78, 5) is 0. The van der Waals surface area contributed by atoms with E-state index < -0.39 is 8.80 Å². The number of hydrogen-bond acceptors (Lipinski definition) is 5. The molecule has 0 rings (SSSR count). The van der Waals surface area contributed by atoms with E-state index in [0.29, 0.717) is 26.4 Å². The van der Waals surface area contributed by atoms with Gasteiger partial charge in [0.1, 0.15) is 0 Å². The van der Waals surface area contributed by atoms with Gasteiger partial charge in [0.15, 0.2) is 0 Å². The van der Waals surface area contributed by atoms with Gasteiger partial charge in [-0.15, -0.1) is 0 Å². The molecule has 110 valence electrons. The third kappa shape index (κ3) is 8.18. The molecule has 6 heteroatoms. The molecule has 0 aliphatic heterocycles. The highest BCUT2D eigenvalue weighted by atomic mass is 28.4. The lowest BCUT2D eigenvalue weighted by Crippen LogP contribution is -2.46. The second-order valence-corrected chi connectivity index (χ2v) is 6.87. The van der Waals surface area contributed by atoms with Gasteiger partial charge in [-0.25, -0.2) is 0 Å². The minimum Gasteiger partial charge on any atom is -0.374 e. The second kappa shape index (κ2) is 12.1. The zero-order valence-electron chi connectivity index (χ0n) is 12.0. The summed E-state index contributed by atoms with van der Waals surface area (Å²) in [5.41, 5.74) is 11.0. The molecular weight excluding hydrogens is 248 g/mol. The highest BCUT2D eigenvalue weighted by Gasteiger charge is 2.39. The highest BCUT2D eigenvalue weighted by molar-refractivity contribution is 6.60. The van der Waals surface area contributed by atoms with Crippen LogP contribution in [0.4, 0.5) is 0 Å². The van der Waals surface area contributed by atoms with Gasteiger partial charge >= 0.3 is 8.80 Å². The van der Waals surface area contributed by atoms with Gasteiger partial charge in [-0.3, -0.25) is 0 Å². The van der Waals surface area contributed by atoms with E-state index in [2.05, 4.69) is 0 Å². The Morgan fingerprint density at radius 2 is 1.39 bits per heavy atom. The van der Waals surface area contributed by atoms with E-state index in [1.165, 1.54) is 0 Å². The standard InChI is InChI=1S/C12H30N2O3Si/c1-3-15-18(16-4-2,12-8-10-14)17-11-7-5-6-9-13/h3-14H2,1-2H3. The largest absolute Gasteiger partial charge is 0.500 e. The van der Waals surface area contributed by atoms with Crippen molar-refractivity contribution in [3.05, 3.63) is 0 Å². The smallest absolute Gasteiger partial charge is 0.374 e. The van der Waals surface area contributed by atoms with Crippen LogP contribution >= 0.6 is 0 Å². The maximum absolute atomic E-state index is 5.96. The first kappa shape index (κ1) is 18.0. The summed E-state index contributed by atoms with van der Waals surface area (Å²) in [7, 11) is -2.49. The third-order valence-electron chi connectivity index (χ3n) is 2.59. The van der Waals surface area contributed by atoms with Gasteiger partial charge in [0.25, 0.3) is 0 Å². The molecule has 0 aliphatic carbocycles. The molecule has 0 saturated heterocycles. The Kier molecular flexibility index (Phi) is 12.1. The van der Waals surface area contributed by atoms with Gasteiger partial charge in [0.2, 0.25) is 0 Å². The van der Waals surface area contributed by atoms with Gasteiger partial charge in [-0.05, 0) is 52.6 Å². The van der Waals surface area contributed by atoms with Crippen molar-refractivity contribution in [2.45, 2.75) is 45.6 Å². The van der Waals surface area contributed by atoms with E-state index >= 15 is 0 Å². The summed E-state index contributed by atoms with van der Waals surface area (Å²) in [5.74, 6) is 0. The third-order valence-corrected chi connectivity index (χ3v) is 5.65. The van der Waals surface area contributed by atoms with Crippen LogP contribution in [0.2, 0.25) is 6.04 Å². The summed E-state index contributed by atoms with van der Waals surface area (Å²) in [6.45, 7) is 7.27. The van der Waals surface area contributed by atoms with Gasteiger partial charge in [0, 0.05) is 25.9 Å². The lowest BCUT2D eigenvalue weighted by Gasteiger charge is -2.28. The molecule has 0 amide bonds. The van der Waals surface area contributed by atoms with E-state index in [-0.39, 0.29) is 0 Å². The second-order valence-electron chi connectivity index (χ2n) is 4.14. The van der Waals surface area contributed by atoms with Crippen molar-refractivity contribution in [3.63, 3.8) is 0 Å². The first-order valence-electron chi connectivity index (χ1n) is 7.06. The van der Waals surface area contributed by atoms with Crippen LogP contribution in [0.5, 0.6) is 0 Å². The summed E-state index contributed by atoms with van der Waals surface area (Å²) in [5, 5.41) is 0. The SMILES string of the molecule is CCO[Si](CCCN)(OCC)OCCCCCN. The molecule has 18 heavy (non-hydrogen) atoms. The molecule has 0 saturated carbocycles. The molecule has 0 aromatic carbocycles. The fourth-order valence-corrected chi connectivity index (χ4v) is 4.41. The lowest BCUT2D eigenvalue weighted by atomic mass is 10.2. The Bertz CT molecular complexity index is 179. The number of nitrogens with two attached hydrogens (primary N) is 2. The van der Waals surface area contributed by atoms with Crippen LogP contribution in [0.15, 0.2) is 0 Å². The number of hydrogen-bond donors (Lipinski definition) is 2. The molecule has 0 unspecified atom stereocenters. The summed E-state index contributed by atoms with van der Waals surface area (Å²) >= 11 is 0. The Morgan fingerprint density at radius 3 is 1.89 bits per heavy atom. The van der Waals surface area contributed by atoms with Crippen LogP contribution in [0, 0.1) is 0 Å². The molecule has 0 radical (unpaired) electrons. The molecule has 0 heterocycles. The maximum atomic E-state index is 5.96. The molecule has 0 aromatic heterocycles. The topological polar surface area (TPSA) is 79.7 Å². The number of unbranched alkanes of at least 4 members (excludes halogenated alkanes) is 2. The van der Waals surface area contributed by atoms with E-state index in [4.69, 9.17) is 24.7 Å². The van der Waals surface area contributed by atoms with Crippen molar-refractivity contribution in [3.8, 4) is 0 Å². The molecule has 0 bridgehead atoms. The minimum absolute atomic E-state index is 0.625. The van der Waals surface area contributed by atoms with Crippen molar-refractivity contribution in [2.75, 3.05) is 32.9 Å². The Hall–Kier alpha value is 0.0169. The van der Waals surface area contributed by atoms with Gasteiger partial charge in [0.05, 0.1) is 0 Å². The first-order chi connectivity index (χ1) is 8.74. The zero-order chi connectivity index (χ0) is 13.7. The van der Waals surface area contributed by atoms with Crippen LogP contribution < -0.4 is 11.5 Å². The van der Waals surface area contributed by atoms with Crippen molar-refractivity contribution >= 4 is 8.80 Å². The van der Waals surface area contributed by atoms with E-state index in [1.807, 2.05) is 13.8 Å². The van der Waals surface area contributed by atoms with Crippen LogP contribution in [-0.4, -0.2) is 41.7 Å². The van der Waals surface area contributed by atoms with Crippen molar-refractivity contribution < 1.29 is 13.3 Å². The Balaban J connectivity index is 4.14. The van der Waals surface area contributed by atoms with Crippen molar-refractivity contribution in [2.24, 2.45) is 11.5 Å². The predicted molar refractivity (Wildman–Crippen MR) is 76.3 cm³/mol. The molecule has 5 nitrogen and oxygen atoms in total. The Morgan fingerprint density at radius 1 is 0.778 bits per heavy atom. The summed E-state index contributed by atoms with van der Waals surface area (Å²) < 4.78 is 17.5. The molecule has 0 atom stereocenters. The maximum Gasteiger partial charge on any atom is 0.500 e. The van der Waals surface area contributed by atoms with Crippen LogP contribution in [0.1, 0.15) is 39.5 Å². The van der Waals surface area contributed by atoms with Gasteiger partial charge in [-0.2, -0.15) is 0 Å². The van der Waals surface area contributed by atoms with Crippen molar-refractivity contribution in [1.82, 2.24) is 0 Å². The van der Waals surface area contributed by atoms with Crippen molar-refractivity contribution in [1.29, 1.82) is 0 Å².